The highest BCUT2D eigenvalue weighted by atomic mass is 19.1. The smallest absolute Gasteiger partial charge is 0.259 e. The van der Waals surface area contributed by atoms with Crippen LogP contribution in [0.4, 0.5) is 4.39 Å². The Hall–Kier alpha value is -2.80. The van der Waals surface area contributed by atoms with Crippen molar-refractivity contribution in [1.82, 2.24) is 15.5 Å². The molecule has 1 atom stereocenters. The lowest BCUT2D eigenvalue weighted by Crippen LogP contribution is -2.41. The molecule has 1 aromatic carbocycles. The van der Waals surface area contributed by atoms with Gasteiger partial charge in [0.1, 0.15) is 5.82 Å². The summed E-state index contributed by atoms with van der Waals surface area (Å²) < 4.78 is 18.5. The van der Waals surface area contributed by atoms with Gasteiger partial charge in [0.2, 0.25) is 0 Å². The summed E-state index contributed by atoms with van der Waals surface area (Å²) in [5.74, 6) is -0.116. The fourth-order valence-electron chi connectivity index (χ4n) is 3.16. The van der Waals surface area contributed by atoms with Crippen LogP contribution in [0.2, 0.25) is 0 Å². The van der Waals surface area contributed by atoms with E-state index < -0.39 is 0 Å². The van der Waals surface area contributed by atoms with E-state index in [0.717, 1.165) is 12.8 Å². The number of pyridine rings is 1. The molecule has 0 aliphatic heterocycles. The molecule has 0 radical (unpaired) electrons. The van der Waals surface area contributed by atoms with Crippen molar-refractivity contribution >= 4 is 17.0 Å². The molecule has 6 nitrogen and oxygen atoms in total. The lowest BCUT2D eigenvalue weighted by Gasteiger charge is -2.16. The van der Waals surface area contributed by atoms with Gasteiger partial charge in [-0.25, -0.2) is 9.37 Å². The van der Waals surface area contributed by atoms with Crippen molar-refractivity contribution in [2.75, 3.05) is 6.54 Å². The van der Waals surface area contributed by atoms with Crippen molar-refractivity contribution in [3.05, 3.63) is 47.4 Å². The van der Waals surface area contributed by atoms with Crippen LogP contribution in [0.15, 0.2) is 34.9 Å². The number of hydrogen-bond acceptors (Lipinski definition) is 5. The maximum atomic E-state index is 13.2. The number of fused-ring (bicyclic) bond motifs is 1. The van der Waals surface area contributed by atoms with Crippen LogP contribution < -0.4 is 11.1 Å². The summed E-state index contributed by atoms with van der Waals surface area (Å²) in [6.07, 6.45) is 2.17. The van der Waals surface area contributed by atoms with Gasteiger partial charge in [-0.05, 0) is 56.0 Å². The SMILES string of the molecule is Cc1noc2nc(-c3ccc(F)cc3)cc(C(=O)NC(CN)C3CC3)c12. The van der Waals surface area contributed by atoms with Crippen molar-refractivity contribution in [2.24, 2.45) is 11.7 Å². The Labute approximate surface area is 149 Å². The molecule has 2 aromatic heterocycles. The predicted octanol–water partition coefficient (Wildman–Crippen LogP) is 2.80. The van der Waals surface area contributed by atoms with Crippen LogP contribution in [0, 0.1) is 18.7 Å². The molecule has 3 N–H and O–H groups in total. The number of halogens is 1. The van der Waals surface area contributed by atoms with Gasteiger partial charge >= 0.3 is 0 Å². The first-order valence-electron chi connectivity index (χ1n) is 8.60. The van der Waals surface area contributed by atoms with Gasteiger partial charge in [-0.15, -0.1) is 0 Å². The Balaban J connectivity index is 1.77. The van der Waals surface area contributed by atoms with Crippen LogP contribution in [-0.4, -0.2) is 28.6 Å². The molecule has 26 heavy (non-hydrogen) atoms. The second kappa shape index (κ2) is 6.49. The van der Waals surface area contributed by atoms with Gasteiger partial charge in [0.25, 0.3) is 11.6 Å². The zero-order chi connectivity index (χ0) is 18.3. The van der Waals surface area contributed by atoms with Crippen molar-refractivity contribution in [3.63, 3.8) is 0 Å². The summed E-state index contributed by atoms with van der Waals surface area (Å²) >= 11 is 0. The van der Waals surface area contributed by atoms with Gasteiger partial charge in [0.05, 0.1) is 22.3 Å². The molecule has 2 heterocycles. The van der Waals surface area contributed by atoms with Crippen molar-refractivity contribution in [3.8, 4) is 11.3 Å². The number of rotatable bonds is 5. The van der Waals surface area contributed by atoms with Crippen LogP contribution in [0.5, 0.6) is 0 Å². The maximum absolute atomic E-state index is 13.2. The average molecular weight is 354 g/mol. The first-order chi connectivity index (χ1) is 12.6. The molecular formula is C19H19FN4O2. The molecule has 1 amide bonds. The fourth-order valence-corrected chi connectivity index (χ4v) is 3.16. The second-order valence-corrected chi connectivity index (χ2v) is 6.66. The molecule has 1 unspecified atom stereocenters. The number of carbonyl (C=O) groups is 1. The van der Waals surface area contributed by atoms with E-state index in [9.17, 15) is 9.18 Å². The number of hydrogen-bond donors (Lipinski definition) is 2. The van der Waals surface area contributed by atoms with Gasteiger partial charge in [0, 0.05) is 18.2 Å². The Morgan fingerprint density at radius 2 is 2.12 bits per heavy atom. The minimum absolute atomic E-state index is 0.0415. The predicted molar refractivity (Wildman–Crippen MR) is 95.0 cm³/mol. The molecule has 0 saturated heterocycles. The van der Waals surface area contributed by atoms with E-state index in [1.807, 2.05) is 0 Å². The van der Waals surface area contributed by atoms with E-state index in [2.05, 4.69) is 15.5 Å². The topological polar surface area (TPSA) is 94.0 Å². The molecule has 0 spiro atoms. The fraction of sp³-hybridized carbons (Fsp3) is 0.316. The Bertz CT molecular complexity index is 964. The number of aryl methyl sites for hydroxylation is 1. The van der Waals surface area contributed by atoms with Crippen molar-refractivity contribution in [2.45, 2.75) is 25.8 Å². The minimum atomic E-state index is -0.335. The molecular weight excluding hydrogens is 335 g/mol. The van der Waals surface area contributed by atoms with Crippen LogP contribution in [-0.2, 0) is 0 Å². The first kappa shape index (κ1) is 16.7. The van der Waals surface area contributed by atoms with E-state index in [4.69, 9.17) is 10.3 Å². The molecule has 7 heteroatoms. The Kier molecular flexibility index (Phi) is 4.16. The van der Waals surface area contributed by atoms with Gasteiger partial charge in [-0.1, -0.05) is 5.16 Å². The lowest BCUT2D eigenvalue weighted by molar-refractivity contribution is 0.0935. The van der Waals surface area contributed by atoms with E-state index in [0.29, 0.717) is 40.4 Å². The Morgan fingerprint density at radius 3 is 2.77 bits per heavy atom. The van der Waals surface area contributed by atoms with E-state index in [1.165, 1.54) is 12.1 Å². The molecule has 1 fully saturated rings. The van der Waals surface area contributed by atoms with E-state index in [-0.39, 0.29) is 23.5 Å². The first-order valence-corrected chi connectivity index (χ1v) is 8.60. The monoisotopic (exact) mass is 354 g/mol. The van der Waals surface area contributed by atoms with Gasteiger partial charge in [-0.2, -0.15) is 0 Å². The van der Waals surface area contributed by atoms with Crippen LogP contribution in [0.1, 0.15) is 28.9 Å². The highest BCUT2D eigenvalue weighted by molar-refractivity contribution is 6.07. The van der Waals surface area contributed by atoms with Crippen LogP contribution in [0.25, 0.3) is 22.4 Å². The van der Waals surface area contributed by atoms with Gasteiger partial charge < -0.3 is 15.6 Å². The van der Waals surface area contributed by atoms with E-state index >= 15 is 0 Å². The minimum Gasteiger partial charge on any atom is -0.348 e. The zero-order valence-corrected chi connectivity index (χ0v) is 14.3. The zero-order valence-electron chi connectivity index (χ0n) is 14.3. The molecule has 1 saturated carbocycles. The Morgan fingerprint density at radius 1 is 1.38 bits per heavy atom. The second-order valence-electron chi connectivity index (χ2n) is 6.66. The number of amides is 1. The third-order valence-electron chi connectivity index (χ3n) is 4.76. The van der Waals surface area contributed by atoms with Crippen molar-refractivity contribution in [1.29, 1.82) is 0 Å². The average Bonchev–Trinajstić information content (AvgIpc) is 3.42. The maximum Gasteiger partial charge on any atom is 0.259 e. The van der Waals surface area contributed by atoms with Crippen LogP contribution in [0.3, 0.4) is 0 Å². The normalized spacial score (nSPS) is 15.2. The largest absolute Gasteiger partial charge is 0.348 e. The number of carbonyl (C=O) groups excluding carboxylic acids is 1. The number of nitrogens with zero attached hydrogens (tertiary/aromatic N) is 2. The summed E-state index contributed by atoms with van der Waals surface area (Å²) in [5, 5.41) is 7.54. The number of benzene rings is 1. The third-order valence-corrected chi connectivity index (χ3v) is 4.76. The van der Waals surface area contributed by atoms with Crippen LogP contribution >= 0.6 is 0 Å². The quantitative estimate of drug-likeness (QED) is 0.735. The van der Waals surface area contributed by atoms with Gasteiger partial charge in [-0.3, -0.25) is 4.79 Å². The number of nitrogens with two attached hydrogens (primary N) is 1. The summed E-state index contributed by atoms with van der Waals surface area (Å²) in [6, 6.07) is 7.58. The lowest BCUT2D eigenvalue weighted by atomic mass is 10.0. The molecule has 1 aliphatic rings. The molecule has 4 rings (SSSR count). The molecule has 134 valence electrons. The van der Waals surface area contributed by atoms with Gasteiger partial charge in [0.15, 0.2) is 0 Å². The van der Waals surface area contributed by atoms with Crippen molar-refractivity contribution < 1.29 is 13.7 Å². The molecule has 3 aromatic rings. The summed E-state index contributed by atoms with van der Waals surface area (Å²) in [7, 11) is 0. The highest BCUT2D eigenvalue weighted by Gasteiger charge is 2.32. The summed E-state index contributed by atoms with van der Waals surface area (Å²) in [5.41, 5.74) is 8.33. The summed E-state index contributed by atoms with van der Waals surface area (Å²) in [4.78, 5) is 17.4. The number of nitrogens with one attached hydrogen (secondary N) is 1. The molecule has 1 aliphatic carbocycles. The molecule has 0 bridgehead atoms. The number of aromatic nitrogens is 2. The van der Waals surface area contributed by atoms with E-state index in [1.54, 1.807) is 25.1 Å². The highest BCUT2D eigenvalue weighted by Crippen LogP contribution is 2.33. The third kappa shape index (κ3) is 3.06. The standard InChI is InChI=1S/C19H19FN4O2/c1-10-17-14(18(25)22-16(9-21)12-2-3-12)8-15(23-19(17)26-24-10)11-4-6-13(20)7-5-11/h4-8,12,16H,2-3,9,21H2,1H3,(H,22,25). The summed E-state index contributed by atoms with van der Waals surface area (Å²) in [6.45, 7) is 2.17.